The topological polar surface area (TPSA) is 0 Å². The van der Waals surface area contributed by atoms with Gasteiger partial charge in [0, 0.05) is 4.47 Å². The Kier molecular flexibility index (Phi) is 4.55. The fourth-order valence-electron chi connectivity index (χ4n) is 2.07. The molecule has 2 aromatic rings. The molecule has 3 heteroatoms. The molecule has 0 heterocycles. The molecule has 0 bridgehead atoms. The lowest BCUT2D eigenvalue weighted by atomic mass is 9.86. The van der Waals surface area contributed by atoms with E-state index in [1.54, 1.807) is 0 Å². The lowest BCUT2D eigenvalue weighted by Crippen LogP contribution is -2.10. The highest BCUT2D eigenvalue weighted by molar-refractivity contribution is 9.10. The van der Waals surface area contributed by atoms with Crippen molar-refractivity contribution in [1.82, 2.24) is 0 Å². The minimum atomic E-state index is -0.351. The largest absolute Gasteiger partial charge is 0.207 e. The van der Waals surface area contributed by atoms with Crippen molar-refractivity contribution in [3.8, 4) is 0 Å². The Morgan fingerprint density at radius 2 is 1.60 bits per heavy atom. The zero-order valence-electron chi connectivity index (χ0n) is 11.8. The summed E-state index contributed by atoms with van der Waals surface area (Å²) in [6, 6.07) is 12.9. The van der Waals surface area contributed by atoms with Crippen LogP contribution in [-0.4, -0.2) is 0 Å². The van der Waals surface area contributed by atoms with Gasteiger partial charge in [-0.2, -0.15) is 0 Å². The van der Waals surface area contributed by atoms with Crippen LogP contribution in [0.25, 0.3) is 0 Å². The third-order valence-electron chi connectivity index (χ3n) is 3.25. The Bertz CT molecular complexity index is 579. The molecule has 0 N–H and O–H groups in total. The SMILES string of the molecule is CC(C)(C)c1ccc(C(Cl)c2cc(F)cc(Br)c2)cc1. The summed E-state index contributed by atoms with van der Waals surface area (Å²) in [7, 11) is 0. The summed E-state index contributed by atoms with van der Waals surface area (Å²) in [6.07, 6.45) is 0. The number of alkyl halides is 1. The van der Waals surface area contributed by atoms with E-state index in [4.69, 9.17) is 11.6 Å². The van der Waals surface area contributed by atoms with Crippen LogP contribution in [0.2, 0.25) is 0 Å². The van der Waals surface area contributed by atoms with Gasteiger partial charge in [-0.25, -0.2) is 4.39 Å². The first kappa shape index (κ1) is 15.5. The van der Waals surface area contributed by atoms with Crippen molar-refractivity contribution >= 4 is 27.5 Å². The highest BCUT2D eigenvalue weighted by atomic mass is 79.9. The summed E-state index contributed by atoms with van der Waals surface area (Å²) in [4.78, 5) is 0. The molecule has 1 atom stereocenters. The van der Waals surface area contributed by atoms with Gasteiger partial charge in [-0.05, 0) is 40.3 Å². The summed E-state index contributed by atoms with van der Waals surface area (Å²) in [5.41, 5.74) is 3.09. The van der Waals surface area contributed by atoms with Gasteiger partial charge in [-0.1, -0.05) is 61.0 Å². The van der Waals surface area contributed by atoms with Gasteiger partial charge in [0.1, 0.15) is 5.82 Å². The second-order valence-electron chi connectivity index (χ2n) is 5.94. The summed E-state index contributed by atoms with van der Waals surface area (Å²) in [5, 5.41) is -0.351. The normalized spacial score (nSPS) is 13.3. The Morgan fingerprint density at radius 3 is 2.10 bits per heavy atom. The fourth-order valence-corrected chi connectivity index (χ4v) is 2.82. The molecule has 0 radical (unpaired) electrons. The summed E-state index contributed by atoms with van der Waals surface area (Å²) < 4.78 is 14.1. The molecule has 0 aliphatic rings. The van der Waals surface area contributed by atoms with Gasteiger partial charge in [0.05, 0.1) is 5.38 Å². The second kappa shape index (κ2) is 5.87. The molecule has 0 aliphatic carbocycles. The summed E-state index contributed by atoms with van der Waals surface area (Å²) >= 11 is 9.75. The molecule has 0 saturated carbocycles. The molecule has 0 amide bonds. The van der Waals surface area contributed by atoms with Gasteiger partial charge < -0.3 is 0 Å². The monoisotopic (exact) mass is 354 g/mol. The number of hydrogen-bond acceptors (Lipinski definition) is 0. The van der Waals surface area contributed by atoms with Crippen LogP contribution in [0.5, 0.6) is 0 Å². The van der Waals surface area contributed by atoms with Crippen LogP contribution >= 0.6 is 27.5 Å². The van der Waals surface area contributed by atoms with E-state index in [1.807, 2.05) is 18.2 Å². The number of benzene rings is 2. The Labute approximate surface area is 133 Å². The van der Waals surface area contributed by atoms with Gasteiger partial charge in [0.2, 0.25) is 0 Å². The van der Waals surface area contributed by atoms with Crippen LogP contribution < -0.4 is 0 Å². The molecule has 0 saturated heterocycles. The lowest BCUT2D eigenvalue weighted by Gasteiger charge is -2.20. The van der Waals surface area contributed by atoms with E-state index in [0.717, 1.165) is 11.1 Å². The molecule has 2 rings (SSSR count). The van der Waals surface area contributed by atoms with Gasteiger partial charge in [0.25, 0.3) is 0 Å². The molecule has 0 aliphatic heterocycles. The van der Waals surface area contributed by atoms with E-state index in [0.29, 0.717) is 4.47 Å². The quantitative estimate of drug-likeness (QED) is 0.561. The molecule has 106 valence electrons. The second-order valence-corrected chi connectivity index (χ2v) is 7.29. The van der Waals surface area contributed by atoms with E-state index >= 15 is 0 Å². The van der Waals surface area contributed by atoms with Crippen molar-refractivity contribution in [2.75, 3.05) is 0 Å². The van der Waals surface area contributed by atoms with Crippen molar-refractivity contribution < 1.29 is 4.39 Å². The first-order chi connectivity index (χ1) is 9.27. The molecular formula is C17H17BrClF. The third-order valence-corrected chi connectivity index (χ3v) is 4.21. The van der Waals surface area contributed by atoms with E-state index in [2.05, 4.69) is 48.8 Å². The maximum Gasteiger partial charge on any atom is 0.124 e. The Hall–Kier alpha value is -0.860. The molecule has 0 aromatic heterocycles. The molecule has 0 spiro atoms. The van der Waals surface area contributed by atoms with Crippen LogP contribution in [0.4, 0.5) is 4.39 Å². The van der Waals surface area contributed by atoms with Crippen LogP contribution in [-0.2, 0) is 5.41 Å². The molecule has 20 heavy (non-hydrogen) atoms. The Balaban J connectivity index is 2.31. The maximum absolute atomic E-state index is 13.4. The maximum atomic E-state index is 13.4. The Morgan fingerprint density at radius 1 is 1.00 bits per heavy atom. The van der Waals surface area contributed by atoms with E-state index in [1.165, 1.54) is 17.7 Å². The first-order valence-corrected chi connectivity index (χ1v) is 7.71. The van der Waals surface area contributed by atoms with Crippen LogP contribution in [0, 0.1) is 5.82 Å². The van der Waals surface area contributed by atoms with Crippen molar-refractivity contribution in [2.45, 2.75) is 31.6 Å². The minimum absolute atomic E-state index is 0.113. The predicted octanol–water partition coefficient (Wildman–Crippen LogP) is 6.21. The number of halogens is 3. The average molecular weight is 356 g/mol. The van der Waals surface area contributed by atoms with E-state index in [9.17, 15) is 4.39 Å². The minimum Gasteiger partial charge on any atom is -0.207 e. The summed E-state index contributed by atoms with van der Waals surface area (Å²) in [6.45, 7) is 6.51. The lowest BCUT2D eigenvalue weighted by molar-refractivity contribution is 0.590. The molecule has 0 nitrogen and oxygen atoms in total. The third kappa shape index (κ3) is 3.62. The van der Waals surface area contributed by atoms with Gasteiger partial charge in [-0.15, -0.1) is 11.6 Å². The first-order valence-electron chi connectivity index (χ1n) is 6.48. The van der Waals surface area contributed by atoms with Gasteiger partial charge >= 0.3 is 0 Å². The van der Waals surface area contributed by atoms with Gasteiger partial charge in [-0.3, -0.25) is 0 Å². The van der Waals surface area contributed by atoms with Crippen LogP contribution in [0.15, 0.2) is 46.9 Å². The standard InChI is InChI=1S/C17H17BrClF/c1-17(2,3)13-6-4-11(5-7-13)16(19)12-8-14(18)10-15(20)9-12/h4-10,16H,1-3H3. The van der Waals surface area contributed by atoms with Crippen molar-refractivity contribution in [3.63, 3.8) is 0 Å². The highest BCUT2D eigenvalue weighted by Gasteiger charge is 2.16. The van der Waals surface area contributed by atoms with Crippen molar-refractivity contribution in [1.29, 1.82) is 0 Å². The molecule has 0 fully saturated rings. The van der Waals surface area contributed by atoms with Crippen LogP contribution in [0.1, 0.15) is 42.8 Å². The zero-order chi connectivity index (χ0) is 14.9. The number of hydrogen-bond donors (Lipinski definition) is 0. The predicted molar refractivity (Wildman–Crippen MR) is 86.9 cm³/mol. The van der Waals surface area contributed by atoms with Gasteiger partial charge in [0.15, 0.2) is 0 Å². The molecular weight excluding hydrogens is 339 g/mol. The molecule has 1 unspecified atom stereocenters. The van der Waals surface area contributed by atoms with E-state index < -0.39 is 0 Å². The number of rotatable bonds is 2. The van der Waals surface area contributed by atoms with Crippen molar-refractivity contribution in [2.24, 2.45) is 0 Å². The smallest absolute Gasteiger partial charge is 0.124 e. The van der Waals surface area contributed by atoms with E-state index in [-0.39, 0.29) is 16.6 Å². The van der Waals surface area contributed by atoms with Crippen LogP contribution in [0.3, 0.4) is 0 Å². The van der Waals surface area contributed by atoms with Crippen molar-refractivity contribution in [3.05, 3.63) is 69.4 Å². The fraction of sp³-hybridized carbons (Fsp3) is 0.294. The zero-order valence-corrected chi connectivity index (χ0v) is 14.1. The molecule has 2 aromatic carbocycles. The average Bonchev–Trinajstić information content (AvgIpc) is 2.36. The highest BCUT2D eigenvalue weighted by Crippen LogP contribution is 2.32. The summed E-state index contributed by atoms with van der Waals surface area (Å²) in [5.74, 6) is -0.286.